The molecule has 1 aromatic heterocycles. The second-order valence-electron chi connectivity index (χ2n) is 6.01. The topological polar surface area (TPSA) is 51.1 Å². The highest BCUT2D eigenvalue weighted by molar-refractivity contribution is 5.93. The van der Waals surface area contributed by atoms with E-state index in [0.29, 0.717) is 11.5 Å². The van der Waals surface area contributed by atoms with Crippen molar-refractivity contribution in [2.75, 3.05) is 6.54 Å². The molecule has 0 saturated heterocycles. The molecule has 3 atom stereocenters. The number of carbonyl (C=O) groups is 1. The monoisotopic (exact) mass is 260 g/mol. The predicted octanol–water partition coefficient (Wildman–Crippen LogP) is 1.55. The Balaban J connectivity index is 1.59. The van der Waals surface area contributed by atoms with E-state index in [2.05, 4.69) is 5.32 Å². The van der Waals surface area contributed by atoms with E-state index in [1.165, 1.54) is 36.3 Å². The van der Waals surface area contributed by atoms with Gasteiger partial charge in [0.1, 0.15) is 0 Å². The molecule has 0 unspecified atom stereocenters. The Labute approximate surface area is 112 Å². The van der Waals surface area contributed by atoms with Crippen LogP contribution in [0.5, 0.6) is 0 Å². The van der Waals surface area contributed by atoms with Crippen molar-refractivity contribution in [3.05, 3.63) is 34.2 Å². The Bertz CT molecular complexity index is 549. The number of amides is 1. The Hall–Kier alpha value is -1.58. The zero-order valence-electron chi connectivity index (χ0n) is 11.3. The smallest absolute Gasteiger partial charge is 0.252 e. The van der Waals surface area contributed by atoms with Crippen molar-refractivity contribution in [3.8, 4) is 0 Å². The molecule has 3 rings (SSSR count). The van der Waals surface area contributed by atoms with Gasteiger partial charge in [0.2, 0.25) is 5.56 Å². The molecule has 4 nitrogen and oxygen atoms in total. The fraction of sp³-hybridized carbons (Fsp3) is 0.600. The number of nitrogens with one attached hydrogen (secondary N) is 1. The van der Waals surface area contributed by atoms with Gasteiger partial charge < -0.3 is 9.88 Å². The summed E-state index contributed by atoms with van der Waals surface area (Å²) in [6.07, 6.45) is 6.96. The number of hydrogen-bond donors (Lipinski definition) is 1. The highest BCUT2D eigenvalue weighted by atomic mass is 16.2. The van der Waals surface area contributed by atoms with E-state index in [4.69, 9.17) is 0 Å². The second-order valence-corrected chi connectivity index (χ2v) is 6.01. The summed E-state index contributed by atoms with van der Waals surface area (Å²) >= 11 is 0. The van der Waals surface area contributed by atoms with E-state index in [9.17, 15) is 9.59 Å². The van der Waals surface area contributed by atoms with Crippen LogP contribution in [0, 0.1) is 17.8 Å². The summed E-state index contributed by atoms with van der Waals surface area (Å²) in [5.41, 5.74) is 0.468. The van der Waals surface area contributed by atoms with E-state index >= 15 is 0 Å². The summed E-state index contributed by atoms with van der Waals surface area (Å²) in [7, 11) is 1.66. The lowest BCUT2D eigenvalue weighted by Crippen LogP contribution is -2.32. The molecule has 2 bridgehead atoms. The molecule has 0 aromatic carbocycles. The third kappa shape index (κ3) is 2.44. The molecule has 1 aromatic rings. The molecule has 2 fully saturated rings. The molecule has 19 heavy (non-hydrogen) atoms. The van der Waals surface area contributed by atoms with Gasteiger partial charge in [0.05, 0.1) is 5.56 Å². The summed E-state index contributed by atoms with van der Waals surface area (Å²) in [5, 5.41) is 3.02. The minimum Gasteiger partial charge on any atom is -0.352 e. The summed E-state index contributed by atoms with van der Waals surface area (Å²) in [4.78, 5) is 23.3. The summed E-state index contributed by atoms with van der Waals surface area (Å²) in [6.45, 7) is 0.781. The molecule has 0 aliphatic heterocycles. The number of hydrogen-bond acceptors (Lipinski definition) is 2. The van der Waals surface area contributed by atoms with Gasteiger partial charge in [0.15, 0.2) is 0 Å². The van der Waals surface area contributed by atoms with Crippen LogP contribution in [-0.2, 0) is 7.05 Å². The Morgan fingerprint density at radius 1 is 1.37 bits per heavy atom. The zero-order chi connectivity index (χ0) is 13.4. The number of pyridine rings is 1. The third-order valence-corrected chi connectivity index (χ3v) is 4.76. The van der Waals surface area contributed by atoms with Crippen molar-refractivity contribution >= 4 is 5.91 Å². The minimum absolute atomic E-state index is 0.0710. The van der Waals surface area contributed by atoms with E-state index in [0.717, 1.165) is 18.4 Å². The van der Waals surface area contributed by atoms with Gasteiger partial charge >= 0.3 is 0 Å². The van der Waals surface area contributed by atoms with Gasteiger partial charge in [-0.25, -0.2) is 0 Å². The number of fused-ring (bicyclic) bond motifs is 2. The predicted molar refractivity (Wildman–Crippen MR) is 73.0 cm³/mol. The van der Waals surface area contributed by atoms with E-state index < -0.39 is 0 Å². The van der Waals surface area contributed by atoms with Gasteiger partial charge in [0, 0.05) is 25.9 Å². The average molecular weight is 260 g/mol. The van der Waals surface area contributed by atoms with Crippen LogP contribution in [0.3, 0.4) is 0 Å². The van der Waals surface area contributed by atoms with Gasteiger partial charge in [-0.15, -0.1) is 0 Å². The average Bonchev–Trinajstić information content (AvgIpc) is 3.01. The number of rotatable bonds is 3. The second kappa shape index (κ2) is 4.83. The first-order chi connectivity index (χ1) is 9.13. The molecule has 2 aliphatic carbocycles. The molecule has 102 valence electrons. The molecule has 0 spiro atoms. The quantitative estimate of drug-likeness (QED) is 0.896. The molecule has 1 N–H and O–H groups in total. The maximum Gasteiger partial charge on any atom is 0.252 e. The van der Waals surface area contributed by atoms with E-state index in [1.807, 2.05) is 0 Å². The van der Waals surface area contributed by atoms with Crippen LogP contribution in [0.4, 0.5) is 0 Å². The molecule has 2 aliphatic rings. The molecular weight excluding hydrogens is 240 g/mol. The number of aryl methyl sites for hydroxylation is 1. The van der Waals surface area contributed by atoms with Crippen LogP contribution in [-0.4, -0.2) is 17.0 Å². The van der Waals surface area contributed by atoms with Crippen molar-refractivity contribution in [2.45, 2.75) is 25.7 Å². The Morgan fingerprint density at radius 2 is 2.21 bits per heavy atom. The summed E-state index contributed by atoms with van der Waals surface area (Å²) in [6, 6.07) is 3.03. The van der Waals surface area contributed by atoms with Gasteiger partial charge in [-0.3, -0.25) is 9.59 Å². The normalized spacial score (nSPS) is 28.6. The van der Waals surface area contributed by atoms with Crippen LogP contribution in [0.15, 0.2) is 23.1 Å². The molecule has 1 heterocycles. The maximum atomic E-state index is 12.0. The number of nitrogens with zero attached hydrogens (tertiary/aromatic N) is 1. The fourth-order valence-corrected chi connectivity index (χ4v) is 3.68. The van der Waals surface area contributed by atoms with Crippen LogP contribution in [0.25, 0.3) is 0 Å². The highest BCUT2D eigenvalue weighted by Gasteiger charge is 2.39. The lowest BCUT2D eigenvalue weighted by molar-refractivity contribution is 0.0941. The number of carbonyl (C=O) groups excluding carboxylic acids is 1. The standard InChI is InChI=1S/C15H20N2O2/c1-17-9-12(4-5-14(17)18)15(19)16-8-13-7-10-2-3-11(13)6-10/h4-5,9-11,13H,2-3,6-8H2,1H3,(H,16,19)/t10-,11-,13+/m0/s1. The van der Waals surface area contributed by atoms with Gasteiger partial charge in [-0.05, 0) is 43.1 Å². The summed E-state index contributed by atoms with van der Waals surface area (Å²) < 4.78 is 1.44. The van der Waals surface area contributed by atoms with Crippen LogP contribution in [0.2, 0.25) is 0 Å². The highest BCUT2D eigenvalue weighted by Crippen LogP contribution is 2.47. The molecule has 4 heteroatoms. The van der Waals surface area contributed by atoms with Crippen molar-refractivity contribution in [1.29, 1.82) is 0 Å². The molecular formula is C15H20N2O2. The van der Waals surface area contributed by atoms with Crippen molar-refractivity contribution in [3.63, 3.8) is 0 Å². The Morgan fingerprint density at radius 3 is 2.84 bits per heavy atom. The molecule has 0 radical (unpaired) electrons. The third-order valence-electron chi connectivity index (χ3n) is 4.76. The van der Waals surface area contributed by atoms with Gasteiger partial charge in [-0.1, -0.05) is 6.42 Å². The van der Waals surface area contributed by atoms with E-state index in [-0.39, 0.29) is 11.5 Å². The fourth-order valence-electron chi connectivity index (χ4n) is 3.68. The van der Waals surface area contributed by atoms with Crippen molar-refractivity contribution in [1.82, 2.24) is 9.88 Å². The molecule has 1 amide bonds. The minimum atomic E-state index is -0.0929. The first kappa shape index (κ1) is 12.5. The lowest BCUT2D eigenvalue weighted by atomic mass is 9.89. The van der Waals surface area contributed by atoms with Gasteiger partial charge in [-0.2, -0.15) is 0 Å². The number of aromatic nitrogens is 1. The maximum absolute atomic E-state index is 12.0. The molecule has 2 saturated carbocycles. The van der Waals surface area contributed by atoms with Crippen LogP contribution >= 0.6 is 0 Å². The SMILES string of the molecule is Cn1cc(C(=O)NC[C@H]2C[C@H]3CC[C@H]2C3)ccc1=O. The van der Waals surface area contributed by atoms with Gasteiger partial charge in [0.25, 0.3) is 5.91 Å². The van der Waals surface area contributed by atoms with Crippen molar-refractivity contribution in [2.24, 2.45) is 24.8 Å². The van der Waals surface area contributed by atoms with Crippen LogP contribution < -0.4 is 10.9 Å². The first-order valence-electron chi connectivity index (χ1n) is 7.08. The summed E-state index contributed by atoms with van der Waals surface area (Å²) in [5.74, 6) is 2.32. The first-order valence-corrected chi connectivity index (χ1v) is 7.08. The largest absolute Gasteiger partial charge is 0.352 e. The van der Waals surface area contributed by atoms with Crippen molar-refractivity contribution < 1.29 is 4.79 Å². The van der Waals surface area contributed by atoms with E-state index in [1.54, 1.807) is 19.3 Å². The van der Waals surface area contributed by atoms with Crippen LogP contribution in [0.1, 0.15) is 36.0 Å². The zero-order valence-corrected chi connectivity index (χ0v) is 11.3. The Kier molecular flexibility index (Phi) is 3.17. The lowest BCUT2D eigenvalue weighted by Gasteiger charge is -2.21.